The van der Waals surface area contributed by atoms with Crippen molar-refractivity contribution in [3.05, 3.63) is 29.3 Å². The molecule has 0 N–H and O–H groups in total. The Labute approximate surface area is 156 Å². The third kappa shape index (κ3) is 6.08. The molecular weight excluding hydrogens is 205 g/mol. The standard InChI is InChI=1S/C8H9P.2K/c1-6-3-4-8(9)7(2)5-6;;/h3-5H,1-2H3;;/q-2;2*+1. The number of benzene rings is 1. The van der Waals surface area contributed by atoms with Gasteiger partial charge in [0.05, 0.1) is 0 Å². The molecule has 0 saturated carbocycles. The zero-order valence-electron chi connectivity index (χ0n) is 7.68. The molecule has 0 nitrogen and oxygen atoms in total. The maximum Gasteiger partial charge on any atom is 1.00 e. The van der Waals surface area contributed by atoms with E-state index >= 15 is 0 Å². The molecule has 1 aromatic rings. The molecule has 0 aliphatic heterocycles. The number of hydrogen-bond acceptors (Lipinski definition) is 0. The Kier molecular flexibility index (Phi) is 12.3. The second-order valence-electron chi connectivity index (χ2n) is 2.29. The molecule has 11 heavy (non-hydrogen) atoms. The maximum absolute atomic E-state index is 4.25. The van der Waals surface area contributed by atoms with E-state index in [1.54, 1.807) is 0 Å². The van der Waals surface area contributed by atoms with Crippen molar-refractivity contribution in [2.24, 2.45) is 0 Å². The van der Waals surface area contributed by atoms with Crippen LogP contribution in [0.25, 0.3) is 0 Å². The predicted octanol–water partition coefficient (Wildman–Crippen LogP) is -3.65. The monoisotopic (exact) mass is 214 g/mol. The molecule has 1 aromatic carbocycles. The van der Waals surface area contributed by atoms with Gasteiger partial charge in [-0.15, -0.1) is 11.6 Å². The van der Waals surface area contributed by atoms with E-state index in [0.717, 1.165) is 5.30 Å². The second kappa shape index (κ2) is 8.25. The Morgan fingerprint density at radius 1 is 1.09 bits per heavy atom. The SMILES string of the molecule is Cc1ccc([P-2])c(C)c1.[K+].[K+]. The van der Waals surface area contributed by atoms with E-state index in [9.17, 15) is 0 Å². The molecule has 3 heteroatoms. The van der Waals surface area contributed by atoms with Crippen molar-refractivity contribution < 1.29 is 103 Å². The molecule has 0 fully saturated rings. The van der Waals surface area contributed by atoms with Gasteiger partial charge in [0, 0.05) is 0 Å². The predicted molar refractivity (Wildman–Crippen MR) is 42.5 cm³/mol. The Balaban J connectivity index is 0. The van der Waals surface area contributed by atoms with E-state index in [-0.39, 0.29) is 103 Å². The van der Waals surface area contributed by atoms with Crippen LogP contribution in [0.3, 0.4) is 0 Å². The van der Waals surface area contributed by atoms with E-state index in [2.05, 4.69) is 35.2 Å². The summed E-state index contributed by atoms with van der Waals surface area (Å²) in [6.07, 6.45) is 0. The fraction of sp³-hybridized carbons (Fsp3) is 0.250. The van der Waals surface area contributed by atoms with Gasteiger partial charge in [-0.1, -0.05) is 17.7 Å². The molecule has 0 radical (unpaired) electrons. The summed E-state index contributed by atoms with van der Waals surface area (Å²) in [6, 6.07) is 6.21. The third-order valence-electron chi connectivity index (χ3n) is 1.35. The van der Waals surface area contributed by atoms with Crippen LogP contribution in [-0.2, 0) is 0 Å². The van der Waals surface area contributed by atoms with E-state index in [1.807, 2.05) is 6.07 Å². The van der Waals surface area contributed by atoms with Crippen molar-refractivity contribution in [1.29, 1.82) is 0 Å². The first-order valence-electron chi connectivity index (χ1n) is 2.96. The average Bonchev–Trinajstić information content (AvgIpc) is 1.80. The molecule has 0 aliphatic carbocycles. The Hall–Kier alpha value is 2.92. The quantitative estimate of drug-likeness (QED) is 0.309. The second-order valence-corrected chi connectivity index (χ2v) is 2.77. The number of rotatable bonds is 0. The fourth-order valence-corrected chi connectivity index (χ4v) is 0.944. The zero-order valence-corrected chi connectivity index (χ0v) is 14.8. The summed E-state index contributed by atoms with van der Waals surface area (Å²) < 4.78 is 0. The molecule has 0 aromatic heterocycles. The number of hydrogen-bond donors (Lipinski definition) is 0. The topological polar surface area (TPSA) is 0 Å². The average molecular weight is 214 g/mol. The van der Waals surface area contributed by atoms with Crippen molar-refractivity contribution in [2.45, 2.75) is 13.8 Å². The summed E-state index contributed by atoms with van der Waals surface area (Å²) in [6.45, 7) is 4.15. The summed E-state index contributed by atoms with van der Waals surface area (Å²) in [7, 11) is 4.25. The summed E-state index contributed by atoms with van der Waals surface area (Å²) in [5, 5.41) is 1.07. The number of aryl methyl sites for hydroxylation is 2. The van der Waals surface area contributed by atoms with Gasteiger partial charge in [-0.3, -0.25) is 0 Å². The van der Waals surface area contributed by atoms with Crippen LogP contribution in [0.5, 0.6) is 0 Å². The Bertz CT molecular complexity index is 223. The Morgan fingerprint density at radius 3 is 2.00 bits per heavy atom. The van der Waals surface area contributed by atoms with Gasteiger partial charge in [0.1, 0.15) is 0 Å². The van der Waals surface area contributed by atoms with Gasteiger partial charge in [0.2, 0.25) is 0 Å². The summed E-state index contributed by atoms with van der Waals surface area (Å²) >= 11 is 0. The van der Waals surface area contributed by atoms with Crippen LogP contribution < -0.4 is 108 Å². The van der Waals surface area contributed by atoms with Gasteiger partial charge in [-0.05, 0) is 13.8 Å². The molecule has 0 spiro atoms. The summed E-state index contributed by atoms with van der Waals surface area (Å²) in [5.41, 5.74) is 2.55. The van der Waals surface area contributed by atoms with Gasteiger partial charge >= 0.3 is 103 Å². The first-order chi connectivity index (χ1) is 4.20. The largest absolute Gasteiger partial charge is 1.45 e. The van der Waals surface area contributed by atoms with E-state index in [0.29, 0.717) is 0 Å². The fourth-order valence-electron chi connectivity index (χ4n) is 0.805. The molecule has 0 amide bonds. The first-order valence-corrected chi connectivity index (χ1v) is 3.41. The van der Waals surface area contributed by atoms with E-state index in [1.165, 1.54) is 11.1 Å². The van der Waals surface area contributed by atoms with Crippen LogP contribution in [0.1, 0.15) is 11.1 Å². The molecule has 0 heterocycles. The third-order valence-corrected chi connectivity index (χ3v) is 1.85. The van der Waals surface area contributed by atoms with Crippen molar-refractivity contribution in [3.8, 4) is 0 Å². The van der Waals surface area contributed by atoms with Crippen LogP contribution in [-0.4, -0.2) is 0 Å². The minimum absolute atomic E-state index is 0. The summed E-state index contributed by atoms with van der Waals surface area (Å²) in [5.74, 6) is 0. The van der Waals surface area contributed by atoms with Crippen LogP contribution in [0.4, 0.5) is 0 Å². The van der Waals surface area contributed by atoms with Crippen LogP contribution in [0, 0.1) is 13.8 Å². The normalized spacial score (nSPS) is 7.91. The molecule has 0 unspecified atom stereocenters. The van der Waals surface area contributed by atoms with Crippen molar-refractivity contribution in [2.75, 3.05) is 0 Å². The minimum atomic E-state index is 0. The molecule has 0 saturated heterocycles. The molecular formula is C8H9K2P. The first kappa shape index (κ1) is 16.4. The van der Waals surface area contributed by atoms with Crippen LogP contribution in [0.2, 0.25) is 0 Å². The van der Waals surface area contributed by atoms with Gasteiger partial charge in [-0.2, -0.15) is 0 Å². The molecule has 48 valence electrons. The Morgan fingerprint density at radius 2 is 1.64 bits per heavy atom. The van der Waals surface area contributed by atoms with Crippen molar-refractivity contribution in [3.63, 3.8) is 0 Å². The van der Waals surface area contributed by atoms with Gasteiger partial charge < -0.3 is 14.5 Å². The van der Waals surface area contributed by atoms with Gasteiger partial charge in [0.15, 0.2) is 0 Å². The zero-order chi connectivity index (χ0) is 6.85. The molecule has 1 rings (SSSR count). The molecule has 0 aliphatic rings. The van der Waals surface area contributed by atoms with Crippen LogP contribution in [0.15, 0.2) is 18.2 Å². The molecule has 0 atom stereocenters. The van der Waals surface area contributed by atoms with Crippen molar-refractivity contribution >= 4 is 14.5 Å². The smallest absolute Gasteiger partial charge is 1.00 e. The van der Waals surface area contributed by atoms with Crippen LogP contribution >= 0.6 is 9.24 Å². The maximum atomic E-state index is 4.25. The summed E-state index contributed by atoms with van der Waals surface area (Å²) in [4.78, 5) is 0. The van der Waals surface area contributed by atoms with Crippen molar-refractivity contribution in [1.82, 2.24) is 0 Å². The van der Waals surface area contributed by atoms with E-state index < -0.39 is 0 Å². The van der Waals surface area contributed by atoms with Gasteiger partial charge in [-0.25, -0.2) is 0 Å². The molecule has 0 bridgehead atoms. The van der Waals surface area contributed by atoms with Gasteiger partial charge in [0.25, 0.3) is 0 Å². The van der Waals surface area contributed by atoms with E-state index in [4.69, 9.17) is 0 Å². The minimum Gasteiger partial charge on any atom is -1.45 e.